The fraction of sp³-hybridized carbons (Fsp3) is 0.0833. The molecule has 0 unspecified atom stereocenters. The van der Waals surface area contributed by atoms with Crippen molar-refractivity contribution in [1.82, 2.24) is 0 Å². The molecule has 0 amide bonds. The molecule has 0 saturated heterocycles. The van der Waals surface area contributed by atoms with Crippen LogP contribution < -0.4 is 0 Å². The number of halogens is 1. The normalized spacial score (nSPS) is 10.4. The first-order valence-electron chi connectivity index (χ1n) is 4.40. The van der Waals surface area contributed by atoms with Gasteiger partial charge in [0.25, 0.3) is 0 Å². The van der Waals surface area contributed by atoms with Gasteiger partial charge < -0.3 is 0 Å². The number of carbonyl (C=O) groups is 1. The predicted molar refractivity (Wildman–Crippen MR) is 59.0 cm³/mol. The van der Waals surface area contributed by atoms with Crippen molar-refractivity contribution in [3.05, 3.63) is 48.0 Å². The number of ketones is 1. The number of benzene rings is 2. The van der Waals surface area contributed by atoms with Crippen LogP contribution in [-0.2, 0) is 0 Å². The van der Waals surface area contributed by atoms with Crippen molar-refractivity contribution < 1.29 is 4.79 Å². The standard InChI is InChI=1S/C12H9ClO/c13-8-12(14)11-7-3-5-9-4-1-2-6-10(9)11/h1-7H,8H2. The lowest BCUT2D eigenvalue weighted by Crippen LogP contribution is -2.00. The maximum absolute atomic E-state index is 11.5. The molecule has 0 atom stereocenters. The molecule has 0 spiro atoms. The van der Waals surface area contributed by atoms with E-state index in [0.29, 0.717) is 5.56 Å². The monoisotopic (exact) mass is 204 g/mol. The van der Waals surface area contributed by atoms with Crippen molar-refractivity contribution in [3.8, 4) is 0 Å². The Balaban J connectivity index is 2.71. The van der Waals surface area contributed by atoms with Crippen LogP contribution in [0.1, 0.15) is 10.4 Å². The minimum Gasteiger partial charge on any atom is -0.293 e. The molecule has 0 radical (unpaired) electrons. The zero-order valence-electron chi connectivity index (χ0n) is 7.53. The van der Waals surface area contributed by atoms with E-state index in [-0.39, 0.29) is 11.7 Å². The molecule has 1 nitrogen and oxygen atoms in total. The van der Waals surface area contributed by atoms with Crippen LogP contribution in [-0.4, -0.2) is 11.7 Å². The number of hydrogen-bond donors (Lipinski definition) is 0. The average Bonchev–Trinajstić information content (AvgIpc) is 2.27. The van der Waals surface area contributed by atoms with E-state index in [1.54, 1.807) is 0 Å². The summed E-state index contributed by atoms with van der Waals surface area (Å²) in [5, 5.41) is 2.05. The molecule has 2 aromatic carbocycles. The first kappa shape index (κ1) is 9.22. The molecule has 2 heteroatoms. The molecule has 0 heterocycles. The van der Waals surface area contributed by atoms with Crippen molar-refractivity contribution in [1.29, 1.82) is 0 Å². The van der Waals surface area contributed by atoms with Crippen molar-refractivity contribution in [2.24, 2.45) is 0 Å². The van der Waals surface area contributed by atoms with E-state index >= 15 is 0 Å². The maximum atomic E-state index is 11.5. The third kappa shape index (κ3) is 1.51. The molecule has 0 aliphatic carbocycles. The molecule has 0 N–H and O–H groups in total. The first-order valence-corrected chi connectivity index (χ1v) is 4.93. The van der Waals surface area contributed by atoms with Crippen molar-refractivity contribution in [2.75, 3.05) is 5.88 Å². The van der Waals surface area contributed by atoms with Crippen molar-refractivity contribution >= 4 is 28.2 Å². The summed E-state index contributed by atoms with van der Waals surface area (Å²) < 4.78 is 0. The second-order valence-electron chi connectivity index (χ2n) is 3.08. The van der Waals surface area contributed by atoms with Gasteiger partial charge in [-0.3, -0.25) is 4.79 Å². The number of hydrogen-bond acceptors (Lipinski definition) is 1. The van der Waals surface area contributed by atoms with E-state index in [4.69, 9.17) is 11.6 Å². The van der Waals surface area contributed by atoms with Gasteiger partial charge in [0.15, 0.2) is 5.78 Å². The molecule has 0 aromatic heterocycles. The summed E-state index contributed by atoms with van der Waals surface area (Å²) in [4.78, 5) is 11.5. The summed E-state index contributed by atoms with van der Waals surface area (Å²) in [7, 11) is 0. The maximum Gasteiger partial charge on any atom is 0.178 e. The van der Waals surface area contributed by atoms with Gasteiger partial charge in [-0.1, -0.05) is 42.5 Å². The van der Waals surface area contributed by atoms with E-state index < -0.39 is 0 Å². The first-order chi connectivity index (χ1) is 6.83. The minimum atomic E-state index is -0.0246. The van der Waals surface area contributed by atoms with E-state index in [1.165, 1.54) is 0 Å². The van der Waals surface area contributed by atoms with Gasteiger partial charge in [-0.05, 0) is 10.8 Å². The van der Waals surface area contributed by atoms with Crippen molar-refractivity contribution in [2.45, 2.75) is 0 Å². The Morgan fingerprint density at radius 1 is 1.07 bits per heavy atom. The number of fused-ring (bicyclic) bond motifs is 1. The summed E-state index contributed by atoms with van der Waals surface area (Å²) in [5.41, 5.74) is 0.707. The molecular formula is C12H9ClO. The number of alkyl halides is 1. The third-order valence-corrected chi connectivity index (χ3v) is 2.45. The van der Waals surface area contributed by atoms with Gasteiger partial charge >= 0.3 is 0 Å². The van der Waals surface area contributed by atoms with Gasteiger partial charge in [-0.15, -0.1) is 11.6 Å². The van der Waals surface area contributed by atoms with Crippen LogP contribution in [0.5, 0.6) is 0 Å². The Bertz CT molecular complexity index is 471. The van der Waals surface area contributed by atoms with Crippen LogP contribution >= 0.6 is 11.6 Å². The number of carbonyl (C=O) groups excluding carboxylic acids is 1. The van der Waals surface area contributed by atoms with Crippen LogP contribution in [0.3, 0.4) is 0 Å². The smallest absolute Gasteiger partial charge is 0.178 e. The van der Waals surface area contributed by atoms with Gasteiger partial charge in [-0.2, -0.15) is 0 Å². The van der Waals surface area contributed by atoms with Crippen molar-refractivity contribution in [3.63, 3.8) is 0 Å². The molecule has 14 heavy (non-hydrogen) atoms. The topological polar surface area (TPSA) is 17.1 Å². The molecule has 0 aliphatic rings. The molecule has 70 valence electrons. The number of Topliss-reactive ketones (excluding diaryl/α,β-unsaturated/α-hetero) is 1. The quantitative estimate of drug-likeness (QED) is 0.542. The lowest BCUT2D eigenvalue weighted by molar-refractivity contribution is 0.102. The average molecular weight is 205 g/mol. The number of rotatable bonds is 2. The highest BCUT2D eigenvalue weighted by atomic mass is 35.5. The fourth-order valence-corrected chi connectivity index (χ4v) is 1.68. The Hall–Kier alpha value is -1.34. The Morgan fingerprint density at radius 3 is 2.57 bits per heavy atom. The van der Waals surface area contributed by atoms with E-state index in [2.05, 4.69) is 0 Å². The lowest BCUT2D eigenvalue weighted by Gasteiger charge is -2.02. The predicted octanol–water partition coefficient (Wildman–Crippen LogP) is 3.26. The highest BCUT2D eigenvalue weighted by molar-refractivity contribution is 6.31. The molecule has 0 fully saturated rings. The summed E-state index contributed by atoms with van der Waals surface area (Å²) in [5.74, 6) is 0.0112. The highest BCUT2D eigenvalue weighted by Gasteiger charge is 2.07. The van der Waals surface area contributed by atoms with Gasteiger partial charge in [0.1, 0.15) is 0 Å². The second-order valence-corrected chi connectivity index (χ2v) is 3.35. The van der Waals surface area contributed by atoms with Gasteiger partial charge in [-0.25, -0.2) is 0 Å². The van der Waals surface area contributed by atoms with Crippen LogP contribution in [0, 0.1) is 0 Å². The van der Waals surface area contributed by atoms with Gasteiger partial charge in [0, 0.05) is 5.56 Å². The second kappa shape index (κ2) is 3.81. The van der Waals surface area contributed by atoms with Crippen LogP contribution in [0.4, 0.5) is 0 Å². The van der Waals surface area contributed by atoms with Gasteiger partial charge in [0.05, 0.1) is 5.88 Å². The van der Waals surface area contributed by atoms with Crippen LogP contribution in [0.2, 0.25) is 0 Å². The summed E-state index contributed by atoms with van der Waals surface area (Å²) in [6.07, 6.45) is 0. The lowest BCUT2D eigenvalue weighted by atomic mass is 10.0. The molecule has 0 aliphatic heterocycles. The highest BCUT2D eigenvalue weighted by Crippen LogP contribution is 2.18. The molecule has 2 aromatic rings. The fourth-order valence-electron chi connectivity index (χ4n) is 1.54. The molecule has 0 bridgehead atoms. The Morgan fingerprint density at radius 2 is 1.79 bits per heavy atom. The zero-order chi connectivity index (χ0) is 9.97. The zero-order valence-corrected chi connectivity index (χ0v) is 8.29. The van der Waals surface area contributed by atoms with Crippen LogP contribution in [0.25, 0.3) is 10.8 Å². The summed E-state index contributed by atoms with van der Waals surface area (Å²) >= 11 is 5.54. The molecule has 2 rings (SSSR count). The van der Waals surface area contributed by atoms with Crippen LogP contribution in [0.15, 0.2) is 42.5 Å². The Kier molecular flexibility index (Phi) is 2.51. The van der Waals surface area contributed by atoms with E-state index in [9.17, 15) is 4.79 Å². The minimum absolute atomic E-state index is 0.0246. The van der Waals surface area contributed by atoms with Gasteiger partial charge in [0.2, 0.25) is 0 Å². The Labute approximate surface area is 87.3 Å². The third-order valence-electron chi connectivity index (χ3n) is 2.21. The summed E-state index contributed by atoms with van der Waals surface area (Å²) in [6, 6.07) is 13.5. The summed E-state index contributed by atoms with van der Waals surface area (Å²) in [6.45, 7) is 0. The SMILES string of the molecule is O=C(CCl)c1cccc2ccccc12. The van der Waals surface area contributed by atoms with E-state index in [1.807, 2.05) is 42.5 Å². The molecule has 0 saturated carbocycles. The van der Waals surface area contributed by atoms with E-state index in [0.717, 1.165) is 10.8 Å². The largest absolute Gasteiger partial charge is 0.293 e. The molecular weight excluding hydrogens is 196 g/mol.